The van der Waals surface area contributed by atoms with E-state index in [1.165, 1.54) is 0 Å². The fourth-order valence-electron chi connectivity index (χ4n) is 1.71. The molecule has 0 unspecified atom stereocenters. The van der Waals surface area contributed by atoms with Crippen LogP contribution in [-0.2, 0) is 6.61 Å². The van der Waals surface area contributed by atoms with Crippen LogP contribution in [0.1, 0.15) is 12.5 Å². The third kappa shape index (κ3) is 3.24. The Morgan fingerprint density at radius 3 is 2.30 bits per heavy atom. The van der Waals surface area contributed by atoms with Crippen LogP contribution in [0, 0.1) is 11.6 Å². The first-order valence-corrected chi connectivity index (χ1v) is 6.13. The normalized spacial score (nSPS) is 10.4. The van der Waals surface area contributed by atoms with Crippen molar-refractivity contribution in [2.24, 2.45) is 0 Å². The molecule has 0 heterocycles. The molecule has 0 bridgehead atoms. The lowest BCUT2D eigenvalue weighted by Crippen LogP contribution is -1.96. The number of benzene rings is 2. The monoisotopic (exact) mass is 280 g/mol. The van der Waals surface area contributed by atoms with Crippen LogP contribution < -0.4 is 9.47 Å². The molecule has 0 saturated carbocycles. The van der Waals surface area contributed by atoms with Crippen molar-refractivity contribution in [1.82, 2.24) is 0 Å². The minimum atomic E-state index is -0.865. The Balaban J connectivity index is 2.28. The topological polar surface area (TPSA) is 38.7 Å². The lowest BCUT2D eigenvalue weighted by Gasteiger charge is -2.10. The summed E-state index contributed by atoms with van der Waals surface area (Å²) in [7, 11) is 0. The van der Waals surface area contributed by atoms with Gasteiger partial charge < -0.3 is 14.6 Å². The van der Waals surface area contributed by atoms with E-state index < -0.39 is 24.0 Å². The van der Waals surface area contributed by atoms with Crippen LogP contribution in [0.25, 0.3) is 0 Å². The number of halogens is 2. The molecule has 0 saturated heterocycles. The first-order valence-electron chi connectivity index (χ1n) is 6.13. The molecule has 0 radical (unpaired) electrons. The molecule has 0 aliphatic rings. The van der Waals surface area contributed by atoms with Crippen LogP contribution in [0.15, 0.2) is 36.4 Å². The van der Waals surface area contributed by atoms with Crippen LogP contribution in [0.4, 0.5) is 8.78 Å². The molecule has 106 valence electrons. The van der Waals surface area contributed by atoms with E-state index in [9.17, 15) is 8.78 Å². The second kappa shape index (κ2) is 6.34. The van der Waals surface area contributed by atoms with Crippen molar-refractivity contribution in [1.29, 1.82) is 0 Å². The van der Waals surface area contributed by atoms with Gasteiger partial charge in [0.1, 0.15) is 11.5 Å². The Hall–Kier alpha value is -2.14. The Kier molecular flexibility index (Phi) is 4.53. The highest BCUT2D eigenvalue weighted by molar-refractivity contribution is 5.39. The Labute approximate surface area is 115 Å². The van der Waals surface area contributed by atoms with E-state index in [-0.39, 0.29) is 11.3 Å². The highest BCUT2D eigenvalue weighted by Gasteiger charge is 2.13. The van der Waals surface area contributed by atoms with Gasteiger partial charge in [0.2, 0.25) is 0 Å². The molecule has 20 heavy (non-hydrogen) atoms. The molecule has 2 rings (SSSR count). The predicted molar refractivity (Wildman–Crippen MR) is 70.0 cm³/mol. The van der Waals surface area contributed by atoms with Crippen molar-refractivity contribution in [2.75, 3.05) is 6.61 Å². The summed E-state index contributed by atoms with van der Waals surface area (Å²) in [5, 5.41) is 8.87. The number of hydrogen-bond acceptors (Lipinski definition) is 3. The summed E-state index contributed by atoms with van der Waals surface area (Å²) in [5.41, 5.74) is 0.149. The fourth-order valence-corrected chi connectivity index (χ4v) is 1.71. The van der Waals surface area contributed by atoms with Gasteiger partial charge >= 0.3 is 0 Å². The average molecular weight is 280 g/mol. The molecule has 1 N–H and O–H groups in total. The van der Waals surface area contributed by atoms with E-state index >= 15 is 0 Å². The van der Waals surface area contributed by atoms with Gasteiger partial charge in [0, 0.05) is 6.07 Å². The van der Waals surface area contributed by atoms with Gasteiger partial charge in [-0.2, -0.15) is 0 Å². The van der Waals surface area contributed by atoms with Crippen LogP contribution in [0.3, 0.4) is 0 Å². The molecular formula is C15H14F2O3. The second-order valence-electron chi connectivity index (χ2n) is 4.06. The van der Waals surface area contributed by atoms with E-state index in [1.807, 2.05) is 6.92 Å². The summed E-state index contributed by atoms with van der Waals surface area (Å²) in [6, 6.07) is 8.56. The van der Waals surface area contributed by atoms with Gasteiger partial charge in [0.25, 0.3) is 0 Å². The molecule has 3 nitrogen and oxygen atoms in total. The van der Waals surface area contributed by atoms with E-state index in [2.05, 4.69) is 0 Å². The molecule has 0 fully saturated rings. The Morgan fingerprint density at radius 2 is 1.70 bits per heavy atom. The molecule has 0 amide bonds. The second-order valence-corrected chi connectivity index (χ2v) is 4.06. The maximum atomic E-state index is 13.7. The van der Waals surface area contributed by atoms with Gasteiger partial charge in [-0.15, -0.1) is 0 Å². The van der Waals surface area contributed by atoms with Crippen LogP contribution >= 0.6 is 0 Å². The largest absolute Gasteiger partial charge is 0.494 e. The van der Waals surface area contributed by atoms with Crippen LogP contribution in [-0.4, -0.2) is 11.7 Å². The SMILES string of the molecule is CCOc1cccc(Oc2c(F)cc(CO)cc2F)c1. The van der Waals surface area contributed by atoms with Crippen LogP contribution in [0.2, 0.25) is 0 Å². The van der Waals surface area contributed by atoms with Crippen molar-refractivity contribution < 1.29 is 23.4 Å². The molecular weight excluding hydrogens is 266 g/mol. The molecule has 0 aliphatic heterocycles. The van der Waals surface area contributed by atoms with E-state index in [1.54, 1.807) is 24.3 Å². The van der Waals surface area contributed by atoms with E-state index in [4.69, 9.17) is 14.6 Å². The first kappa shape index (κ1) is 14.3. The standard InChI is InChI=1S/C15H14F2O3/c1-2-19-11-4-3-5-12(8-11)20-15-13(16)6-10(9-18)7-14(15)17/h3-8,18H,2,9H2,1H3. The lowest BCUT2D eigenvalue weighted by atomic mass is 10.2. The summed E-state index contributed by atoms with van der Waals surface area (Å²) in [6.07, 6.45) is 0. The zero-order chi connectivity index (χ0) is 14.5. The summed E-state index contributed by atoms with van der Waals surface area (Å²) in [6.45, 7) is 1.88. The van der Waals surface area contributed by atoms with Crippen molar-refractivity contribution >= 4 is 0 Å². The van der Waals surface area contributed by atoms with Gasteiger partial charge in [0.05, 0.1) is 13.2 Å². The van der Waals surface area contributed by atoms with Gasteiger partial charge in [0.15, 0.2) is 17.4 Å². The molecule has 2 aromatic rings. The smallest absolute Gasteiger partial charge is 0.198 e. The van der Waals surface area contributed by atoms with E-state index in [0.29, 0.717) is 12.4 Å². The number of hydrogen-bond donors (Lipinski definition) is 1. The Bertz CT molecular complexity index is 576. The summed E-state index contributed by atoms with van der Waals surface area (Å²) < 4.78 is 37.9. The van der Waals surface area contributed by atoms with Crippen molar-refractivity contribution in [3.8, 4) is 17.2 Å². The number of rotatable bonds is 5. The quantitative estimate of drug-likeness (QED) is 0.908. The van der Waals surface area contributed by atoms with Crippen LogP contribution in [0.5, 0.6) is 17.2 Å². The maximum absolute atomic E-state index is 13.7. The lowest BCUT2D eigenvalue weighted by molar-refractivity contribution is 0.279. The molecule has 0 spiro atoms. The van der Waals surface area contributed by atoms with Crippen molar-refractivity contribution in [3.05, 3.63) is 53.6 Å². The van der Waals surface area contributed by atoms with Gasteiger partial charge in [-0.25, -0.2) is 8.78 Å². The minimum Gasteiger partial charge on any atom is -0.494 e. The fraction of sp³-hybridized carbons (Fsp3) is 0.200. The molecule has 0 atom stereocenters. The predicted octanol–water partition coefficient (Wildman–Crippen LogP) is 3.65. The summed E-state index contributed by atoms with van der Waals surface area (Å²) in [5.74, 6) is -1.41. The Morgan fingerprint density at radius 1 is 1.05 bits per heavy atom. The summed E-state index contributed by atoms with van der Waals surface area (Å²) >= 11 is 0. The first-order chi connectivity index (χ1) is 9.63. The minimum absolute atomic E-state index is 0.149. The third-order valence-corrected chi connectivity index (χ3v) is 2.58. The number of aliphatic hydroxyl groups excluding tert-OH is 1. The summed E-state index contributed by atoms with van der Waals surface area (Å²) in [4.78, 5) is 0. The van der Waals surface area contributed by atoms with Crippen molar-refractivity contribution in [2.45, 2.75) is 13.5 Å². The zero-order valence-electron chi connectivity index (χ0n) is 10.9. The molecule has 0 aromatic heterocycles. The number of ether oxygens (including phenoxy) is 2. The van der Waals surface area contributed by atoms with Crippen molar-refractivity contribution in [3.63, 3.8) is 0 Å². The zero-order valence-corrected chi connectivity index (χ0v) is 10.9. The molecule has 5 heteroatoms. The third-order valence-electron chi connectivity index (χ3n) is 2.58. The van der Waals surface area contributed by atoms with E-state index in [0.717, 1.165) is 12.1 Å². The highest BCUT2D eigenvalue weighted by Crippen LogP contribution is 2.30. The highest BCUT2D eigenvalue weighted by atomic mass is 19.1. The molecule has 2 aromatic carbocycles. The number of aliphatic hydroxyl groups is 1. The van der Waals surface area contributed by atoms with Gasteiger partial charge in [-0.1, -0.05) is 6.07 Å². The average Bonchev–Trinajstić information content (AvgIpc) is 2.43. The maximum Gasteiger partial charge on any atom is 0.198 e. The van der Waals surface area contributed by atoms with Gasteiger partial charge in [-0.05, 0) is 36.8 Å². The molecule has 0 aliphatic carbocycles. The van der Waals surface area contributed by atoms with Gasteiger partial charge in [-0.3, -0.25) is 0 Å².